The van der Waals surface area contributed by atoms with E-state index < -0.39 is 18.5 Å². The second-order valence-electron chi connectivity index (χ2n) is 3.70. The minimum absolute atomic E-state index is 0.151. The molecule has 0 aliphatic carbocycles. The summed E-state index contributed by atoms with van der Waals surface area (Å²) in [6, 6.07) is -0.359. The predicted molar refractivity (Wildman–Crippen MR) is 47.3 cm³/mol. The Morgan fingerprint density at radius 3 is 2.73 bits per heavy atom. The van der Waals surface area contributed by atoms with Gasteiger partial charge in [-0.2, -0.15) is 13.2 Å². The molecule has 1 saturated heterocycles. The summed E-state index contributed by atoms with van der Waals surface area (Å²) in [4.78, 5) is 10.9. The first kappa shape index (κ1) is 12.3. The number of carbonyl (C=O) groups is 1. The lowest BCUT2D eigenvalue weighted by atomic mass is 10.1. The summed E-state index contributed by atoms with van der Waals surface area (Å²) >= 11 is 0. The smallest absolute Gasteiger partial charge is 0.376 e. The SMILES string of the molecule is C[C@H](NC(=O)CC(F)(F)F)[C@H]1CCCO1. The molecule has 1 fully saturated rings. The Kier molecular flexibility index (Phi) is 3.96. The van der Waals surface area contributed by atoms with Gasteiger partial charge in [0.05, 0.1) is 12.1 Å². The van der Waals surface area contributed by atoms with Gasteiger partial charge in [0.25, 0.3) is 0 Å². The maximum absolute atomic E-state index is 11.8. The summed E-state index contributed by atoms with van der Waals surface area (Å²) in [5, 5.41) is 2.29. The van der Waals surface area contributed by atoms with Crippen LogP contribution in [0.1, 0.15) is 26.2 Å². The summed E-state index contributed by atoms with van der Waals surface area (Å²) in [5.41, 5.74) is 0. The topological polar surface area (TPSA) is 38.3 Å². The molecule has 1 heterocycles. The van der Waals surface area contributed by atoms with Crippen molar-refractivity contribution in [3.63, 3.8) is 0 Å². The van der Waals surface area contributed by atoms with Crippen LogP contribution in [0.5, 0.6) is 0 Å². The van der Waals surface area contributed by atoms with Crippen molar-refractivity contribution in [1.82, 2.24) is 5.32 Å². The van der Waals surface area contributed by atoms with Gasteiger partial charge in [0, 0.05) is 6.61 Å². The maximum Gasteiger partial charge on any atom is 0.397 e. The fourth-order valence-electron chi connectivity index (χ4n) is 1.58. The Balaban J connectivity index is 2.30. The zero-order valence-corrected chi connectivity index (χ0v) is 8.43. The highest BCUT2D eigenvalue weighted by molar-refractivity contribution is 5.76. The van der Waals surface area contributed by atoms with Crippen LogP contribution < -0.4 is 5.32 Å². The van der Waals surface area contributed by atoms with Gasteiger partial charge < -0.3 is 10.1 Å². The normalized spacial score (nSPS) is 23.9. The van der Waals surface area contributed by atoms with Gasteiger partial charge in [0.1, 0.15) is 6.42 Å². The molecule has 15 heavy (non-hydrogen) atoms. The summed E-state index contributed by atoms with van der Waals surface area (Å²) < 4.78 is 40.8. The van der Waals surface area contributed by atoms with Crippen molar-refractivity contribution >= 4 is 5.91 Å². The lowest BCUT2D eigenvalue weighted by molar-refractivity contribution is -0.154. The van der Waals surface area contributed by atoms with Gasteiger partial charge in [-0.1, -0.05) is 0 Å². The van der Waals surface area contributed by atoms with Crippen LogP contribution in [0.4, 0.5) is 13.2 Å². The minimum Gasteiger partial charge on any atom is -0.376 e. The molecule has 0 saturated carbocycles. The number of hydrogen-bond acceptors (Lipinski definition) is 2. The number of hydrogen-bond donors (Lipinski definition) is 1. The molecule has 0 spiro atoms. The number of rotatable bonds is 3. The van der Waals surface area contributed by atoms with Gasteiger partial charge in [-0.15, -0.1) is 0 Å². The Bertz CT molecular complexity index is 224. The fourth-order valence-corrected chi connectivity index (χ4v) is 1.58. The first-order valence-corrected chi connectivity index (χ1v) is 4.86. The number of carbonyl (C=O) groups excluding carboxylic acids is 1. The molecule has 88 valence electrons. The van der Waals surface area contributed by atoms with Crippen LogP contribution in [0.2, 0.25) is 0 Å². The molecule has 0 aromatic carbocycles. The highest BCUT2D eigenvalue weighted by Gasteiger charge is 2.32. The molecule has 1 aliphatic rings. The van der Waals surface area contributed by atoms with Gasteiger partial charge >= 0.3 is 6.18 Å². The molecule has 0 aromatic rings. The molecular formula is C9H14F3NO2. The standard InChI is InChI=1S/C9H14F3NO2/c1-6(7-3-2-4-15-7)13-8(14)5-9(10,11)12/h6-7H,2-5H2,1H3,(H,13,14)/t6-,7+/m0/s1. The zero-order valence-electron chi connectivity index (χ0n) is 8.43. The van der Waals surface area contributed by atoms with Crippen LogP contribution in [0.25, 0.3) is 0 Å². The van der Waals surface area contributed by atoms with E-state index in [0.29, 0.717) is 6.61 Å². The van der Waals surface area contributed by atoms with Gasteiger partial charge in [0.15, 0.2) is 0 Å². The van der Waals surface area contributed by atoms with Crippen LogP contribution >= 0.6 is 0 Å². The van der Waals surface area contributed by atoms with Gasteiger partial charge in [-0.3, -0.25) is 4.79 Å². The van der Waals surface area contributed by atoms with Crippen molar-refractivity contribution in [2.75, 3.05) is 6.61 Å². The first-order valence-electron chi connectivity index (χ1n) is 4.86. The monoisotopic (exact) mass is 225 g/mol. The van der Waals surface area contributed by atoms with Crippen molar-refractivity contribution in [2.45, 2.75) is 44.5 Å². The van der Waals surface area contributed by atoms with Crippen molar-refractivity contribution in [3.05, 3.63) is 0 Å². The van der Waals surface area contributed by atoms with Crippen molar-refractivity contribution < 1.29 is 22.7 Å². The Hall–Kier alpha value is -0.780. The summed E-state index contributed by atoms with van der Waals surface area (Å²) in [6.07, 6.45) is -4.34. The number of halogens is 3. The lowest BCUT2D eigenvalue weighted by Crippen LogP contribution is -2.42. The largest absolute Gasteiger partial charge is 0.397 e. The van der Waals surface area contributed by atoms with Crippen molar-refractivity contribution in [3.8, 4) is 0 Å². The van der Waals surface area contributed by atoms with E-state index in [1.54, 1.807) is 6.92 Å². The summed E-state index contributed by atoms with van der Waals surface area (Å²) in [6.45, 7) is 2.27. The third kappa shape index (κ3) is 4.51. The number of alkyl halides is 3. The van der Waals surface area contributed by atoms with E-state index in [2.05, 4.69) is 5.32 Å². The molecule has 1 rings (SSSR count). The highest BCUT2D eigenvalue weighted by Crippen LogP contribution is 2.20. The first-order chi connectivity index (χ1) is 6.88. The molecule has 0 unspecified atom stereocenters. The molecule has 0 radical (unpaired) electrons. The second kappa shape index (κ2) is 4.83. The zero-order chi connectivity index (χ0) is 11.5. The third-order valence-corrected chi connectivity index (χ3v) is 2.27. The van der Waals surface area contributed by atoms with E-state index in [9.17, 15) is 18.0 Å². The van der Waals surface area contributed by atoms with E-state index in [1.165, 1.54) is 0 Å². The highest BCUT2D eigenvalue weighted by atomic mass is 19.4. The van der Waals surface area contributed by atoms with Gasteiger partial charge in [-0.05, 0) is 19.8 Å². The predicted octanol–water partition coefficient (Wildman–Crippen LogP) is 1.62. The van der Waals surface area contributed by atoms with E-state index in [4.69, 9.17) is 4.74 Å². The van der Waals surface area contributed by atoms with Crippen LogP contribution in [0, 0.1) is 0 Å². The molecule has 2 atom stereocenters. The molecule has 1 N–H and O–H groups in total. The van der Waals surface area contributed by atoms with Crippen LogP contribution in [0.15, 0.2) is 0 Å². The van der Waals surface area contributed by atoms with Crippen LogP contribution in [-0.4, -0.2) is 30.8 Å². The fraction of sp³-hybridized carbons (Fsp3) is 0.889. The molecule has 1 aliphatic heterocycles. The molecular weight excluding hydrogens is 211 g/mol. The van der Waals surface area contributed by atoms with Crippen LogP contribution in [-0.2, 0) is 9.53 Å². The Morgan fingerprint density at radius 2 is 2.27 bits per heavy atom. The quantitative estimate of drug-likeness (QED) is 0.792. The molecule has 0 aromatic heterocycles. The van der Waals surface area contributed by atoms with E-state index >= 15 is 0 Å². The molecule has 1 amide bonds. The van der Waals surface area contributed by atoms with Gasteiger partial charge in [-0.25, -0.2) is 0 Å². The molecule has 6 heteroatoms. The van der Waals surface area contributed by atoms with Crippen molar-refractivity contribution in [2.24, 2.45) is 0 Å². The average molecular weight is 225 g/mol. The Labute approximate surface area is 86.0 Å². The average Bonchev–Trinajstić information content (AvgIpc) is 2.50. The molecule has 3 nitrogen and oxygen atoms in total. The van der Waals surface area contributed by atoms with Gasteiger partial charge in [0.2, 0.25) is 5.91 Å². The van der Waals surface area contributed by atoms with E-state index in [0.717, 1.165) is 12.8 Å². The lowest BCUT2D eigenvalue weighted by Gasteiger charge is -2.20. The number of nitrogens with one attached hydrogen (secondary N) is 1. The maximum atomic E-state index is 11.8. The summed E-state index contributed by atoms with van der Waals surface area (Å²) in [5.74, 6) is -0.995. The van der Waals surface area contributed by atoms with E-state index in [1.807, 2.05) is 0 Å². The second-order valence-corrected chi connectivity index (χ2v) is 3.70. The molecule has 0 bridgehead atoms. The van der Waals surface area contributed by atoms with Crippen LogP contribution in [0.3, 0.4) is 0 Å². The minimum atomic E-state index is -4.44. The van der Waals surface area contributed by atoms with Crippen molar-refractivity contribution in [1.29, 1.82) is 0 Å². The number of ether oxygens (including phenoxy) is 1. The third-order valence-electron chi connectivity index (χ3n) is 2.27. The van der Waals surface area contributed by atoms with E-state index in [-0.39, 0.29) is 12.1 Å². The number of amides is 1. The summed E-state index contributed by atoms with van der Waals surface area (Å²) in [7, 11) is 0. The Morgan fingerprint density at radius 1 is 1.60 bits per heavy atom.